The summed E-state index contributed by atoms with van der Waals surface area (Å²) in [6.45, 7) is 2.26. The van der Waals surface area contributed by atoms with Crippen molar-refractivity contribution in [3.8, 4) is 5.75 Å². The van der Waals surface area contributed by atoms with Gasteiger partial charge in [-0.05, 0) is 62.0 Å². The van der Waals surface area contributed by atoms with Crippen LogP contribution < -0.4 is 10.1 Å². The predicted octanol–water partition coefficient (Wildman–Crippen LogP) is 3.10. The number of ether oxygens (including phenoxy) is 1. The molecule has 2 aliphatic rings. The molecule has 1 saturated heterocycles. The minimum Gasteiger partial charge on any atom is -0.493 e. The van der Waals surface area contributed by atoms with Crippen LogP contribution in [0.3, 0.4) is 0 Å². The maximum atomic E-state index is 14.3. The number of hydrogen-bond donors (Lipinski definition) is 1. The van der Waals surface area contributed by atoms with Gasteiger partial charge in [-0.2, -0.15) is 0 Å². The molecule has 0 aliphatic carbocycles. The highest BCUT2D eigenvalue weighted by molar-refractivity contribution is 5.40. The molecule has 0 aromatic heterocycles. The van der Waals surface area contributed by atoms with E-state index < -0.39 is 5.92 Å². The maximum absolute atomic E-state index is 14.3. The van der Waals surface area contributed by atoms with Crippen LogP contribution in [-0.4, -0.2) is 19.7 Å². The zero-order chi connectivity index (χ0) is 13.3. The molecule has 104 valence electrons. The summed E-state index contributed by atoms with van der Waals surface area (Å²) >= 11 is 0. The summed E-state index contributed by atoms with van der Waals surface area (Å²) in [7, 11) is 0. The minimum atomic E-state index is -2.73. The summed E-state index contributed by atoms with van der Waals surface area (Å²) in [6, 6.07) is 4.86. The third-order valence-corrected chi connectivity index (χ3v) is 4.04. The van der Waals surface area contributed by atoms with E-state index in [1.54, 1.807) is 12.1 Å². The van der Waals surface area contributed by atoms with Gasteiger partial charge in [0.05, 0.1) is 6.61 Å². The highest BCUT2D eigenvalue weighted by atomic mass is 19.3. The molecule has 1 atom stereocenters. The molecule has 2 heterocycles. The molecule has 1 aromatic carbocycles. The molecule has 0 saturated carbocycles. The van der Waals surface area contributed by atoms with E-state index in [0.717, 1.165) is 37.1 Å². The van der Waals surface area contributed by atoms with E-state index in [-0.39, 0.29) is 17.9 Å². The zero-order valence-corrected chi connectivity index (χ0v) is 10.9. The monoisotopic (exact) mass is 267 g/mol. The highest BCUT2D eigenvalue weighted by Crippen LogP contribution is 2.38. The molecule has 1 unspecified atom stereocenters. The van der Waals surface area contributed by atoms with Gasteiger partial charge in [0.25, 0.3) is 5.92 Å². The molecular formula is C15H19F2NO. The smallest absolute Gasteiger partial charge is 0.273 e. The lowest BCUT2D eigenvalue weighted by molar-refractivity contribution is -0.0269. The van der Waals surface area contributed by atoms with Crippen molar-refractivity contribution >= 4 is 0 Å². The summed E-state index contributed by atoms with van der Waals surface area (Å²) in [5.41, 5.74) is 1.07. The summed E-state index contributed by atoms with van der Waals surface area (Å²) in [5, 5.41) is 3.14. The summed E-state index contributed by atoms with van der Waals surface area (Å²) < 4.78 is 34.1. The van der Waals surface area contributed by atoms with Crippen molar-refractivity contribution in [2.24, 2.45) is 5.92 Å². The molecule has 4 heteroatoms. The average molecular weight is 267 g/mol. The van der Waals surface area contributed by atoms with Gasteiger partial charge in [-0.3, -0.25) is 0 Å². The molecule has 0 radical (unpaired) electrons. The van der Waals surface area contributed by atoms with Crippen molar-refractivity contribution in [1.29, 1.82) is 0 Å². The molecular weight excluding hydrogens is 248 g/mol. The first kappa shape index (κ1) is 12.9. The van der Waals surface area contributed by atoms with Crippen molar-refractivity contribution in [3.63, 3.8) is 0 Å². The summed E-state index contributed by atoms with van der Waals surface area (Å²) in [6.07, 6.45) is 2.54. The van der Waals surface area contributed by atoms with Crippen LogP contribution in [0.5, 0.6) is 5.75 Å². The standard InChI is InChI=1S/C15H19F2NO/c16-15(17,9-11-5-6-18-10-11)13-3-4-14-12(8-13)2-1-7-19-14/h3-4,8,11,18H,1-2,5-7,9-10H2. The van der Waals surface area contributed by atoms with Crippen LogP contribution in [0.25, 0.3) is 0 Å². The van der Waals surface area contributed by atoms with E-state index in [0.29, 0.717) is 13.2 Å². The number of rotatable bonds is 3. The van der Waals surface area contributed by atoms with Gasteiger partial charge in [0.1, 0.15) is 5.75 Å². The second kappa shape index (κ2) is 5.08. The molecule has 0 amide bonds. The number of halogens is 2. The van der Waals surface area contributed by atoms with E-state index in [1.807, 2.05) is 0 Å². The van der Waals surface area contributed by atoms with Crippen LogP contribution in [0, 0.1) is 5.92 Å². The summed E-state index contributed by atoms with van der Waals surface area (Å²) in [5.74, 6) is -1.88. The van der Waals surface area contributed by atoms with Crippen LogP contribution in [0.15, 0.2) is 18.2 Å². The molecule has 3 rings (SSSR count). The Morgan fingerprint density at radius 1 is 1.37 bits per heavy atom. The van der Waals surface area contributed by atoms with Crippen LogP contribution in [-0.2, 0) is 12.3 Å². The van der Waals surface area contributed by atoms with Crippen molar-refractivity contribution in [2.75, 3.05) is 19.7 Å². The molecule has 0 spiro atoms. The first-order valence-corrected chi connectivity index (χ1v) is 7.00. The number of fused-ring (bicyclic) bond motifs is 1. The van der Waals surface area contributed by atoms with Crippen LogP contribution in [0.1, 0.15) is 30.4 Å². The first-order chi connectivity index (χ1) is 9.15. The lowest BCUT2D eigenvalue weighted by atomic mass is 9.93. The van der Waals surface area contributed by atoms with Crippen molar-refractivity contribution in [3.05, 3.63) is 29.3 Å². The van der Waals surface area contributed by atoms with E-state index in [4.69, 9.17) is 4.74 Å². The minimum absolute atomic E-state index is 0.0559. The Labute approximate surface area is 112 Å². The fourth-order valence-electron chi connectivity index (χ4n) is 2.96. The fourth-order valence-corrected chi connectivity index (χ4v) is 2.96. The largest absolute Gasteiger partial charge is 0.493 e. The average Bonchev–Trinajstić information content (AvgIpc) is 2.90. The second-order valence-corrected chi connectivity index (χ2v) is 5.54. The topological polar surface area (TPSA) is 21.3 Å². The van der Waals surface area contributed by atoms with Crippen molar-refractivity contribution in [2.45, 2.75) is 31.6 Å². The predicted molar refractivity (Wildman–Crippen MR) is 69.7 cm³/mol. The first-order valence-electron chi connectivity index (χ1n) is 7.00. The normalized spacial score (nSPS) is 22.9. The molecule has 0 bridgehead atoms. The van der Waals surface area contributed by atoms with Crippen LogP contribution in [0.4, 0.5) is 8.78 Å². The Morgan fingerprint density at radius 2 is 2.26 bits per heavy atom. The van der Waals surface area contributed by atoms with Gasteiger partial charge < -0.3 is 10.1 Å². The number of aryl methyl sites for hydroxylation is 1. The van der Waals surface area contributed by atoms with Gasteiger partial charge in [-0.1, -0.05) is 0 Å². The van der Waals surface area contributed by atoms with Crippen LogP contribution >= 0.6 is 0 Å². The SMILES string of the molecule is FC(F)(CC1CCNC1)c1ccc2c(c1)CCCO2. The highest BCUT2D eigenvalue weighted by Gasteiger charge is 2.36. The number of nitrogens with one attached hydrogen (secondary N) is 1. The van der Waals surface area contributed by atoms with Gasteiger partial charge in [0, 0.05) is 12.0 Å². The third-order valence-electron chi connectivity index (χ3n) is 4.04. The second-order valence-electron chi connectivity index (χ2n) is 5.54. The van der Waals surface area contributed by atoms with Gasteiger partial charge in [-0.15, -0.1) is 0 Å². The Hall–Kier alpha value is -1.16. The van der Waals surface area contributed by atoms with Gasteiger partial charge in [0.2, 0.25) is 0 Å². The van der Waals surface area contributed by atoms with E-state index >= 15 is 0 Å². The lowest BCUT2D eigenvalue weighted by Crippen LogP contribution is -2.21. The Kier molecular flexibility index (Phi) is 3.44. The molecule has 2 nitrogen and oxygen atoms in total. The fraction of sp³-hybridized carbons (Fsp3) is 0.600. The van der Waals surface area contributed by atoms with Crippen LogP contribution in [0.2, 0.25) is 0 Å². The number of alkyl halides is 2. The third kappa shape index (κ3) is 2.73. The number of benzene rings is 1. The van der Waals surface area contributed by atoms with Gasteiger partial charge in [-0.25, -0.2) is 8.78 Å². The molecule has 1 aromatic rings. The Morgan fingerprint density at radius 3 is 3.05 bits per heavy atom. The molecule has 1 N–H and O–H groups in total. The molecule has 1 fully saturated rings. The van der Waals surface area contributed by atoms with E-state index in [9.17, 15) is 8.78 Å². The molecule has 19 heavy (non-hydrogen) atoms. The molecule has 2 aliphatic heterocycles. The Balaban J connectivity index is 1.79. The number of hydrogen-bond acceptors (Lipinski definition) is 2. The van der Waals surface area contributed by atoms with Gasteiger partial charge >= 0.3 is 0 Å². The Bertz CT molecular complexity index is 455. The zero-order valence-electron chi connectivity index (χ0n) is 10.9. The van der Waals surface area contributed by atoms with Crippen molar-refractivity contribution < 1.29 is 13.5 Å². The van der Waals surface area contributed by atoms with Crippen molar-refractivity contribution in [1.82, 2.24) is 5.32 Å². The van der Waals surface area contributed by atoms with E-state index in [2.05, 4.69) is 5.32 Å². The quantitative estimate of drug-likeness (QED) is 0.908. The summed E-state index contributed by atoms with van der Waals surface area (Å²) in [4.78, 5) is 0. The maximum Gasteiger partial charge on any atom is 0.273 e. The van der Waals surface area contributed by atoms with Gasteiger partial charge in [0.15, 0.2) is 0 Å². The lowest BCUT2D eigenvalue weighted by Gasteiger charge is -2.23. The van der Waals surface area contributed by atoms with E-state index in [1.165, 1.54) is 6.07 Å².